The Hall–Kier alpha value is 0.310. The van der Waals surface area contributed by atoms with Gasteiger partial charge in [-0.25, -0.2) is 0 Å². The lowest BCUT2D eigenvalue weighted by molar-refractivity contribution is 0.328. The van der Waals surface area contributed by atoms with Crippen LogP contribution in [0.4, 0.5) is 0 Å². The average molecular weight is 392 g/mol. The third-order valence-electron chi connectivity index (χ3n) is 5.31. The Kier molecular flexibility index (Phi) is 20.3. The first-order valence-electron chi connectivity index (χ1n) is 11.6. The van der Waals surface area contributed by atoms with E-state index in [1.54, 1.807) is 0 Å². The number of rotatable bonds is 21. The molecule has 0 aliphatic carbocycles. The molecule has 0 atom stereocenters. The summed E-state index contributed by atoms with van der Waals surface area (Å²) < 4.78 is 0. The first kappa shape index (κ1) is 26.3. The first-order chi connectivity index (χ1) is 12.6. The van der Waals surface area contributed by atoms with Crippen molar-refractivity contribution in [3.05, 3.63) is 0 Å². The van der Waals surface area contributed by atoms with Gasteiger partial charge < -0.3 is 0 Å². The Morgan fingerprint density at radius 2 is 0.615 bits per heavy atom. The maximum atomic E-state index is 8.89. The molecule has 0 aromatic carbocycles. The third kappa shape index (κ3) is 24.3. The van der Waals surface area contributed by atoms with Crippen molar-refractivity contribution in [1.29, 1.82) is 0 Å². The molecule has 0 spiro atoms. The van der Waals surface area contributed by atoms with Crippen LogP contribution in [-0.2, 0) is 0 Å². The molecule has 0 rings (SSSR count). The van der Waals surface area contributed by atoms with Crippen molar-refractivity contribution in [1.82, 2.24) is 0 Å². The standard InChI is InChI=1S/C22H48O3P/c1-2-3-4-5-6-7-8-9-10-11-12-13-14-15-16-17-18-19-20-21-22-26(23,24)25/h23-25H,2-22H2,1H3/q+1. The molecule has 4 heteroatoms. The van der Waals surface area contributed by atoms with E-state index < -0.39 is 7.94 Å². The molecule has 3 nitrogen and oxygen atoms in total. The smallest absolute Gasteiger partial charge is 0.193 e. The molecular weight excluding hydrogens is 343 g/mol. The summed E-state index contributed by atoms with van der Waals surface area (Å²) in [6, 6.07) is 0. The molecule has 0 aliphatic rings. The van der Waals surface area contributed by atoms with Gasteiger partial charge in [0, 0.05) is 0 Å². The SMILES string of the molecule is CCCCCCCCCCCCCCCCCCCCCC[P+](O)(O)O. The van der Waals surface area contributed by atoms with Crippen LogP contribution in [0, 0.1) is 0 Å². The van der Waals surface area contributed by atoms with Crippen LogP contribution in [-0.4, -0.2) is 20.8 Å². The first-order valence-corrected chi connectivity index (χ1v) is 13.5. The minimum atomic E-state index is -3.51. The topological polar surface area (TPSA) is 60.7 Å². The van der Waals surface area contributed by atoms with E-state index in [1.165, 1.54) is 109 Å². The van der Waals surface area contributed by atoms with Gasteiger partial charge in [0.15, 0.2) is 0 Å². The second-order valence-corrected chi connectivity index (χ2v) is 9.97. The van der Waals surface area contributed by atoms with Crippen LogP contribution in [0.25, 0.3) is 0 Å². The van der Waals surface area contributed by atoms with Crippen LogP contribution < -0.4 is 0 Å². The molecule has 0 fully saturated rings. The molecule has 158 valence electrons. The predicted octanol–water partition coefficient (Wildman–Crippen LogP) is 7.55. The van der Waals surface area contributed by atoms with Crippen molar-refractivity contribution >= 4 is 7.94 Å². The number of unbranched alkanes of at least 4 members (excludes halogenated alkanes) is 19. The van der Waals surface area contributed by atoms with Crippen molar-refractivity contribution in [2.75, 3.05) is 6.16 Å². The highest BCUT2D eigenvalue weighted by Crippen LogP contribution is 2.45. The van der Waals surface area contributed by atoms with E-state index in [-0.39, 0.29) is 6.16 Å². The summed E-state index contributed by atoms with van der Waals surface area (Å²) in [5.41, 5.74) is 0. The molecule has 3 N–H and O–H groups in total. The van der Waals surface area contributed by atoms with E-state index in [1.807, 2.05) is 0 Å². The molecule has 0 bridgehead atoms. The Morgan fingerprint density at radius 3 is 0.846 bits per heavy atom. The zero-order chi connectivity index (χ0) is 19.3. The number of hydrogen-bond acceptors (Lipinski definition) is 3. The van der Waals surface area contributed by atoms with Crippen LogP contribution in [0.1, 0.15) is 135 Å². The molecule has 0 aromatic rings. The zero-order valence-electron chi connectivity index (χ0n) is 17.6. The Labute approximate surface area is 164 Å². The molecule has 0 radical (unpaired) electrons. The van der Waals surface area contributed by atoms with Crippen LogP contribution in [0.2, 0.25) is 0 Å². The van der Waals surface area contributed by atoms with Crippen LogP contribution in [0.3, 0.4) is 0 Å². The van der Waals surface area contributed by atoms with Gasteiger partial charge in [0.25, 0.3) is 0 Å². The van der Waals surface area contributed by atoms with Gasteiger partial charge in [0.1, 0.15) is 6.16 Å². The molecule has 0 aliphatic heterocycles. The molecule has 0 saturated heterocycles. The van der Waals surface area contributed by atoms with E-state index in [9.17, 15) is 0 Å². The van der Waals surface area contributed by atoms with Crippen molar-refractivity contribution in [2.45, 2.75) is 135 Å². The highest BCUT2D eigenvalue weighted by atomic mass is 31.2. The van der Waals surface area contributed by atoms with Crippen LogP contribution >= 0.6 is 7.94 Å². The van der Waals surface area contributed by atoms with Gasteiger partial charge in [-0.1, -0.05) is 122 Å². The van der Waals surface area contributed by atoms with Crippen LogP contribution in [0.5, 0.6) is 0 Å². The molecule has 0 unspecified atom stereocenters. The van der Waals surface area contributed by atoms with Gasteiger partial charge in [-0.15, -0.1) is 0 Å². The molecule has 0 aromatic heterocycles. The van der Waals surface area contributed by atoms with Crippen molar-refractivity contribution in [3.63, 3.8) is 0 Å². The maximum Gasteiger partial charge on any atom is 0.403 e. The molecule has 0 saturated carbocycles. The lowest BCUT2D eigenvalue weighted by atomic mass is 10.0. The summed E-state index contributed by atoms with van der Waals surface area (Å²) in [6.07, 6.45) is 26.9. The molecule has 26 heavy (non-hydrogen) atoms. The van der Waals surface area contributed by atoms with Gasteiger partial charge in [0.05, 0.1) is 0 Å². The number of hydrogen-bond donors (Lipinski definition) is 3. The van der Waals surface area contributed by atoms with Crippen molar-refractivity contribution in [2.24, 2.45) is 0 Å². The highest BCUT2D eigenvalue weighted by molar-refractivity contribution is 7.58. The van der Waals surface area contributed by atoms with E-state index in [2.05, 4.69) is 6.92 Å². The summed E-state index contributed by atoms with van der Waals surface area (Å²) in [4.78, 5) is 26.7. The van der Waals surface area contributed by atoms with E-state index in [4.69, 9.17) is 14.7 Å². The second kappa shape index (κ2) is 20.1. The molecular formula is C22H48O3P+. The minimum Gasteiger partial charge on any atom is -0.193 e. The molecule has 0 heterocycles. The van der Waals surface area contributed by atoms with Gasteiger partial charge in [0.2, 0.25) is 0 Å². The fourth-order valence-corrected chi connectivity index (χ4v) is 4.23. The normalized spacial score (nSPS) is 12.0. The average Bonchev–Trinajstić information content (AvgIpc) is 2.59. The van der Waals surface area contributed by atoms with Crippen molar-refractivity contribution < 1.29 is 14.7 Å². The Bertz CT molecular complexity index is 267. The summed E-state index contributed by atoms with van der Waals surface area (Å²) in [6.45, 7) is 2.28. The Morgan fingerprint density at radius 1 is 0.385 bits per heavy atom. The third-order valence-corrected chi connectivity index (χ3v) is 6.23. The van der Waals surface area contributed by atoms with Gasteiger partial charge in [-0.2, -0.15) is 14.7 Å². The zero-order valence-corrected chi connectivity index (χ0v) is 18.5. The molecule has 0 amide bonds. The Balaban J connectivity index is 3.01. The van der Waals surface area contributed by atoms with Crippen LogP contribution in [0.15, 0.2) is 0 Å². The maximum absolute atomic E-state index is 8.89. The summed E-state index contributed by atoms with van der Waals surface area (Å²) in [5, 5.41) is 0. The van der Waals surface area contributed by atoms with Gasteiger partial charge in [-0.3, -0.25) is 0 Å². The monoisotopic (exact) mass is 391 g/mol. The van der Waals surface area contributed by atoms with Crippen molar-refractivity contribution in [3.8, 4) is 0 Å². The lowest BCUT2D eigenvalue weighted by Crippen LogP contribution is -1.95. The summed E-state index contributed by atoms with van der Waals surface area (Å²) >= 11 is 0. The van der Waals surface area contributed by atoms with E-state index in [0.29, 0.717) is 0 Å². The van der Waals surface area contributed by atoms with E-state index >= 15 is 0 Å². The summed E-state index contributed by atoms with van der Waals surface area (Å²) in [5.74, 6) is 0. The lowest BCUT2D eigenvalue weighted by Gasteiger charge is -2.04. The second-order valence-electron chi connectivity index (χ2n) is 8.13. The predicted molar refractivity (Wildman–Crippen MR) is 116 cm³/mol. The minimum absolute atomic E-state index is 0.173. The quantitative estimate of drug-likeness (QED) is 0.140. The fraction of sp³-hybridized carbons (Fsp3) is 1.00. The largest absolute Gasteiger partial charge is 0.403 e. The van der Waals surface area contributed by atoms with Gasteiger partial charge >= 0.3 is 7.94 Å². The van der Waals surface area contributed by atoms with Gasteiger partial charge in [-0.05, 0) is 12.8 Å². The fourth-order valence-electron chi connectivity index (χ4n) is 3.58. The van der Waals surface area contributed by atoms with E-state index in [0.717, 1.165) is 19.3 Å². The summed E-state index contributed by atoms with van der Waals surface area (Å²) in [7, 11) is -3.51. The highest BCUT2D eigenvalue weighted by Gasteiger charge is 2.27.